The van der Waals surface area contributed by atoms with Gasteiger partial charge in [-0.1, -0.05) is 47.3 Å². The van der Waals surface area contributed by atoms with Crippen molar-refractivity contribution in [1.82, 2.24) is 24.7 Å². The van der Waals surface area contributed by atoms with Crippen LogP contribution in [0.15, 0.2) is 40.6 Å². The average Bonchev–Trinajstić information content (AvgIpc) is 2.92. The molecule has 2 heterocycles. The molecule has 3 aromatic rings. The molecule has 0 aliphatic rings. The van der Waals surface area contributed by atoms with Gasteiger partial charge in [0.25, 0.3) is 0 Å². The van der Waals surface area contributed by atoms with Gasteiger partial charge in [-0.3, -0.25) is 0 Å². The minimum absolute atomic E-state index is 0.688. The quantitative estimate of drug-likeness (QED) is 0.456. The number of rotatable bonds is 6. The lowest BCUT2D eigenvalue weighted by Gasteiger charge is -2.05. The summed E-state index contributed by atoms with van der Waals surface area (Å²) in [5, 5.41) is 11.0. The zero-order valence-electron chi connectivity index (χ0n) is 14.2. The molecule has 0 bridgehead atoms. The molecule has 0 aliphatic carbocycles. The van der Waals surface area contributed by atoms with Crippen LogP contribution < -0.4 is 0 Å². The van der Waals surface area contributed by atoms with Gasteiger partial charge >= 0.3 is 0 Å². The number of hydrogen-bond acceptors (Lipinski definition) is 6. The van der Waals surface area contributed by atoms with Crippen LogP contribution in [0.4, 0.5) is 0 Å². The van der Waals surface area contributed by atoms with Crippen LogP contribution >= 0.6 is 35.1 Å². The number of thioether (sulfide) groups is 2. The van der Waals surface area contributed by atoms with Crippen LogP contribution in [0, 0.1) is 13.8 Å². The Morgan fingerprint density at radius 3 is 2.32 bits per heavy atom. The highest BCUT2D eigenvalue weighted by atomic mass is 35.5. The summed E-state index contributed by atoms with van der Waals surface area (Å²) in [6.07, 6.45) is 0. The largest absolute Gasteiger partial charge is 0.308 e. The SMILES string of the molecule is Cc1cc(C)nc(SCc2nnc(SCc3ccc(Cl)cc3)n2C)n1. The van der Waals surface area contributed by atoms with Gasteiger partial charge in [-0.25, -0.2) is 9.97 Å². The number of aryl methyl sites for hydroxylation is 2. The van der Waals surface area contributed by atoms with Crippen LogP contribution in [-0.4, -0.2) is 24.7 Å². The summed E-state index contributed by atoms with van der Waals surface area (Å²) in [5.41, 5.74) is 3.16. The third-order valence-corrected chi connectivity index (χ3v) is 5.69. The molecule has 0 saturated carbocycles. The van der Waals surface area contributed by atoms with Crippen molar-refractivity contribution in [2.45, 2.75) is 35.7 Å². The van der Waals surface area contributed by atoms with Gasteiger partial charge in [-0.2, -0.15) is 0 Å². The molecular formula is C17H18ClN5S2. The first-order chi connectivity index (χ1) is 12.0. The molecule has 5 nitrogen and oxygen atoms in total. The van der Waals surface area contributed by atoms with E-state index in [1.807, 2.05) is 55.8 Å². The first-order valence-corrected chi connectivity index (χ1v) is 10.1. The first kappa shape index (κ1) is 18.2. The second-order valence-electron chi connectivity index (χ2n) is 5.59. The van der Waals surface area contributed by atoms with E-state index in [0.717, 1.165) is 38.3 Å². The highest BCUT2D eigenvalue weighted by Gasteiger charge is 2.11. The van der Waals surface area contributed by atoms with Crippen molar-refractivity contribution in [1.29, 1.82) is 0 Å². The van der Waals surface area contributed by atoms with Gasteiger partial charge in [0.1, 0.15) is 5.82 Å². The lowest BCUT2D eigenvalue weighted by atomic mass is 10.2. The number of hydrogen-bond donors (Lipinski definition) is 0. The summed E-state index contributed by atoms with van der Waals surface area (Å²) in [4.78, 5) is 8.89. The summed E-state index contributed by atoms with van der Waals surface area (Å²) < 4.78 is 2.02. The Bertz CT molecular complexity index is 844. The molecule has 2 aromatic heterocycles. The molecule has 0 aliphatic heterocycles. The van der Waals surface area contributed by atoms with Crippen molar-refractivity contribution >= 4 is 35.1 Å². The van der Waals surface area contributed by atoms with E-state index >= 15 is 0 Å². The molecule has 0 N–H and O–H groups in total. The van der Waals surface area contributed by atoms with Crippen molar-refractivity contribution < 1.29 is 0 Å². The zero-order chi connectivity index (χ0) is 17.8. The Morgan fingerprint density at radius 2 is 1.64 bits per heavy atom. The van der Waals surface area contributed by atoms with E-state index < -0.39 is 0 Å². The second kappa shape index (κ2) is 8.21. The molecule has 0 fully saturated rings. The van der Waals surface area contributed by atoms with Crippen LogP contribution in [-0.2, 0) is 18.6 Å². The van der Waals surface area contributed by atoms with E-state index in [1.165, 1.54) is 5.56 Å². The standard InChI is InChI=1S/C17H18ClN5S2/c1-11-8-12(2)20-16(19-11)24-10-15-21-22-17(23(15)3)25-9-13-4-6-14(18)7-5-13/h4-8H,9-10H2,1-3H3. The zero-order valence-corrected chi connectivity index (χ0v) is 16.6. The molecule has 0 amide bonds. The van der Waals surface area contributed by atoms with Crippen molar-refractivity contribution in [3.63, 3.8) is 0 Å². The van der Waals surface area contributed by atoms with Gasteiger partial charge in [0.05, 0.1) is 5.75 Å². The van der Waals surface area contributed by atoms with Crippen LogP contribution in [0.5, 0.6) is 0 Å². The first-order valence-electron chi connectivity index (χ1n) is 7.72. The number of aromatic nitrogens is 5. The summed E-state index contributed by atoms with van der Waals surface area (Å²) in [6.45, 7) is 3.96. The third-order valence-electron chi connectivity index (χ3n) is 3.50. The Balaban J connectivity index is 1.61. The second-order valence-corrected chi connectivity index (χ2v) is 7.92. The molecule has 8 heteroatoms. The fraction of sp³-hybridized carbons (Fsp3) is 0.294. The van der Waals surface area contributed by atoms with E-state index in [9.17, 15) is 0 Å². The summed E-state index contributed by atoms with van der Waals surface area (Å²) in [7, 11) is 1.99. The predicted octanol–water partition coefficient (Wildman–Crippen LogP) is 4.46. The fourth-order valence-corrected chi connectivity index (χ4v) is 4.15. The number of benzene rings is 1. The molecule has 25 heavy (non-hydrogen) atoms. The Kier molecular flexibility index (Phi) is 5.98. The normalized spacial score (nSPS) is 11.0. The van der Waals surface area contributed by atoms with E-state index in [1.54, 1.807) is 23.5 Å². The summed E-state index contributed by atoms with van der Waals surface area (Å²) >= 11 is 9.15. The Labute approximate surface area is 160 Å². The minimum Gasteiger partial charge on any atom is -0.308 e. The van der Waals surface area contributed by atoms with Crippen molar-refractivity contribution in [3.8, 4) is 0 Å². The van der Waals surface area contributed by atoms with Crippen LogP contribution in [0.25, 0.3) is 0 Å². The van der Waals surface area contributed by atoms with Crippen molar-refractivity contribution in [2.75, 3.05) is 0 Å². The van der Waals surface area contributed by atoms with E-state index in [-0.39, 0.29) is 0 Å². The lowest BCUT2D eigenvalue weighted by Crippen LogP contribution is -1.99. The number of nitrogens with zero attached hydrogens (tertiary/aromatic N) is 5. The monoisotopic (exact) mass is 391 g/mol. The predicted molar refractivity (Wildman–Crippen MR) is 103 cm³/mol. The van der Waals surface area contributed by atoms with Gasteiger partial charge in [-0.15, -0.1) is 10.2 Å². The van der Waals surface area contributed by atoms with E-state index in [4.69, 9.17) is 11.6 Å². The molecule has 3 rings (SSSR count). The fourth-order valence-electron chi connectivity index (χ4n) is 2.21. The molecule has 0 spiro atoms. The summed E-state index contributed by atoms with van der Waals surface area (Å²) in [5.74, 6) is 2.43. The number of halogens is 1. The summed E-state index contributed by atoms with van der Waals surface area (Å²) in [6, 6.07) is 9.83. The van der Waals surface area contributed by atoms with Gasteiger partial charge in [0.15, 0.2) is 10.3 Å². The van der Waals surface area contributed by atoms with Crippen molar-refractivity contribution in [2.24, 2.45) is 7.05 Å². The third kappa shape index (κ3) is 4.96. The highest BCUT2D eigenvalue weighted by molar-refractivity contribution is 7.98. The Morgan fingerprint density at radius 1 is 0.960 bits per heavy atom. The highest BCUT2D eigenvalue weighted by Crippen LogP contribution is 2.24. The molecule has 130 valence electrons. The lowest BCUT2D eigenvalue weighted by molar-refractivity contribution is 0.760. The molecular weight excluding hydrogens is 374 g/mol. The molecule has 0 atom stereocenters. The van der Waals surface area contributed by atoms with Gasteiger partial charge in [0.2, 0.25) is 0 Å². The maximum atomic E-state index is 5.92. The topological polar surface area (TPSA) is 56.5 Å². The molecule has 0 saturated heterocycles. The molecule has 0 unspecified atom stereocenters. The minimum atomic E-state index is 0.688. The maximum Gasteiger partial charge on any atom is 0.191 e. The smallest absolute Gasteiger partial charge is 0.191 e. The van der Waals surface area contributed by atoms with Crippen LogP contribution in [0.2, 0.25) is 5.02 Å². The maximum absolute atomic E-state index is 5.92. The Hall–Kier alpha value is -1.57. The van der Waals surface area contributed by atoms with Gasteiger partial charge < -0.3 is 4.57 Å². The molecule has 0 radical (unpaired) electrons. The van der Waals surface area contributed by atoms with E-state index in [2.05, 4.69) is 20.2 Å². The van der Waals surface area contributed by atoms with E-state index in [0.29, 0.717) is 5.75 Å². The van der Waals surface area contributed by atoms with Gasteiger partial charge in [0, 0.05) is 29.2 Å². The average molecular weight is 392 g/mol. The van der Waals surface area contributed by atoms with Gasteiger partial charge in [-0.05, 0) is 37.6 Å². The molecule has 1 aromatic carbocycles. The van der Waals surface area contributed by atoms with Crippen LogP contribution in [0.1, 0.15) is 22.8 Å². The van der Waals surface area contributed by atoms with Crippen LogP contribution in [0.3, 0.4) is 0 Å². The van der Waals surface area contributed by atoms with Crippen molar-refractivity contribution in [3.05, 3.63) is 58.1 Å².